The Bertz CT molecular complexity index is 981. The summed E-state index contributed by atoms with van der Waals surface area (Å²) in [5, 5.41) is 1.60. The normalized spacial score (nSPS) is 12.9. The van der Waals surface area contributed by atoms with Crippen LogP contribution in [0.15, 0.2) is 23.6 Å². The molecule has 0 radical (unpaired) electrons. The van der Waals surface area contributed by atoms with Crippen molar-refractivity contribution in [2.75, 3.05) is 6.54 Å². The zero-order chi connectivity index (χ0) is 20.7. The van der Waals surface area contributed by atoms with Gasteiger partial charge in [-0.2, -0.15) is 26.3 Å². The number of hydrogen-bond acceptors (Lipinski definition) is 2. The third-order valence-electron chi connectivity index (χ3n) is 4.60. The first kappa shape index (κ1) is 20.7. The number of aryl methyl sites for hydroxylation is 2. The molecule has 0 amide bonds. The molecule has 2 aromatic heterocycles. The van der Waals surface area contributed by atoms with E-state index in [2.05, 4.69) is 4.98 Å². The first-order chi connectivity index (χ1) is 13.0. The van der Waals surface area contributed by atoms with Crippen LogP contribution in [0.5, 0.6) is 0 Å². The summed E-state index contributed by atoms with van der Waals surface area (Å²) < 4.78 is 80.6. The fourth-order valence-electron chi connectivity index (χ4n) is 3.31. The van der Waals surface area contributed by atoms with Gasteiger partial charge >= 0.3 is 12.4 Å². The monoisotopic (exact) mass is 420 g/mol. The van der Waals surface area contributed by atoms with Gasteiger partial charge in [0, 0.05) is 10.9 Å². The Morgan fingerprint density at radius 2 is 1.75 bits per heavy atom. The lowest BCUT2D eigenvalue weighted by Crippen LogP contribution is -2.11. The molecule has 0 unspecified atom stereocenters. The molecular formula is C19H18F6N2S. The molecule has 0 aliphatic rings. The van der Waals surface area contributed by atoms with E-state index in [0.29, 0.717) is 30.6 Å². The summed E-state index contributed by atoms with van der Waals surface area (Å²) in [5.41, 5.74) is 4.43. The van der Waals surface area contributed by atoms with Gasteiger partial charge in [0.25, 0.3) is 0 Å². The third kappa shape index (κ3) is 3.91. The summed E-state index contributed by atoms with van der Waals surface area (Å²) in [6.07, 6.45) is -8.35. The number of hydrogen-bond donors (Lipinski definition) is 2. The smallest absolute Gasteiger partial charge is 0.354 e. The number of thiophene rings is 1. The molecule has 9 heteroatoms. The maximum atomic E-state index is 13.7. The van der Waals surface area contributed by atoms with Crippen LogP contribution in [0.1, 0.15) is 35.1 Å². The molecule has 0 fully saturated rings. The molecule has 0 bridgehead atoms. The molecule has 0 saturated carbocycles. The average Bonchev–Trinajstić information content (AvgIpc) is 3.16. The molecule has 3 rings (SSSR count). The minimum absolute atomic E-state index is 0.160. The maximum Gasteiger partial charge on any atom is 0.417 e. The van der Waals surface area contributed by atoms with Crippen molar-refractivity contribution in [2.24, 2.45) is 5.73 Å². The first-order valence-corrected chi connectivity index (χ1v) is 9.49. The Morgan fingerprint density at radius 3 is 2.29 bits per heavy atom. The van der Waals surface area contributed by atoms with E-state index in [9.17, 15) is 26.3 Å². The minimum atomic E-state index is -4.91. The molecule has 2 heterocycles. The Hall–Kier alpha value is -2.00. The number of aromatic nitrogens is 1. The number of halogens is 6. The highest BCUT2D eigenvalue weighted by molar-refractivity contribution is 7.13. The lowest BCUT2D eigenvalue weighted by atomic mass is 9.97. The molecule has 2 nitrogen and oxygen atoms in total. The Balaban J connectivity index is 2.34. The fourth-order valence-corrected chi connectivity index (χ4v) is 4.26. The van der Waals surface area contributed by atoms with E-state index in [-0.39, 0.29) is 23.4 Å². The lowest BCUT2D eigenvalue weighted by molar-refractivity contribution is -0.142. The van der Waals surface area contributed by atoms with E-state index in [1.807, 2.05) is 13.0 Å². The van der Waals surface area contributed by atoms with Gasteiger partial charge in [-0.3, -0.25) is 0 Å². The molecule has 152 valence electrons. The highest BCUT2D eigenvalue weighted by Crippen LogP contribution is 2.44. The molecule has 0 aliphatic heterocycles. The van der Waals surface area contributed by atoms with Gasteiger partial charge in [0.2, 0.25) is 0 Å². The second kappa shape index (κ2) is 7.44. The zero-order valence-electron chi connectivity index (χ0n) is 14.9. The number of fused-ring (bicyclic) bond motifs is 1. The molecule has 0 spiro atoms. The molecule has 3 N–H and O–H groups in total. The van der Waals surface area contributed by atoms with Gasteiger partial charge in [0.05, 0.1) is 21.7 Å². The van der Waals surface area contributed by atoms with Gasteiger partial charge in [-0.25, -0.2) is 0 Å². The number of aromatic amines is 1. The fraction of sp³-hybridized carbons (Fsp3) is 0.368. The standard InChI is InChI=1S/C19H18F6N2S/c1-10-5-7-28-17(10)16-12(4-2-3-6-26)15-13(19(23,24)25)8-11(18(20,21)22)9-14(15)27-16/h5,7-9,27H,2-4,6,26H2,1H3. The van der Waals surface area contributed by atoms with E-state index < -0.39 is 23.5 Å². The summed E-state index contributed by atoms with van der Waals surface area (Å²) in [6, 6.07) is 2.78. The topological polar surface area (TPSA) is 41.8 Å². The minimum Gasteiger partial charge on any atom is -0.354 e. The molecule has 0 saturated heterocycles. The summed E-state index contributed by atoms with van der Waals surface area (Å²) in [4.78, 5) is 3.56. The summed E-state index contributed by atoms with van der Waals surface area (Å²) in [7, 11) is 0. The van der Waals surface area contributed by atoms with Gasteiger partial charge in [-0.15, -0.1) is 11.3 Å². The lowest BCUT2D eigenvalue weighted by Gasteiger charge is -2.14. The van der Waals surface area contributed by atoms with Gasteiger partial charge < -0.3 is 10.7 Å². The van der Waals surface area contributed by atoms with E-state index in [0.717, 1.165) is 16.5 Å². The highest BCUT2D eigenvalue weighted by Gasteiger charge is 2.39. The Labute approximate surface area is 161 Å². The molecule has 0 atom stereocenters. The zero-order valence-corrected chi connectivity index (χ0v) is 15.7. The average molecular weight is 420 g/mol. The number of H-pyrrole nitrogens is 1. The highest BCUT2D eigenvalue weighted by atomic mass is 32.1. The predicted octanol–water partition coefficient (Wildman–Crippen LogP) is 6.52. The number of unbranched alkanes of at least 4 members (excludes halogenated alkanes) is 1. The van der Waals surface area contributed by atoms with Crippen LogP contribution < -0.4 is 5.73 Å². The second-order valence-electron chi connectivity index (χ2n) is 6.60. The first-order valence-electron chi connectivity index (χ1n) is 8.61. The molecule has 28 heavy (non-hydrogen) atoms. The van der Waals surface area contributed by atoms with Crippen molar-refractivity contribution in [3.63, 3.8) is 0 Å². The van der Waals surface area contributed by atoms with Crippen molar-refractivity contribution in [3.05, 3.63) is 45.8 Å². The van der Waals surface area contributed by atoms with Crippen LogP contribution in [0.4, 0.5) is 26.3 Å². The van der Waals surface area contributed by atoms with E-state index in [4.69, 9.17) is 5.73 Å². The van der Waals surface area contributed by atoms with Crippen LogP contribution in [0, 0.1) is 6.92 Å². The van der Waals surface area contributed by atoms with Crippen molar-refractivity contribution in [1.82, 2.24) is 4.98 Å². The van der Waals surface area contributed by atoms with Crippen molar-refractivity contribution in [1.29, 1.82) is 0 Å². The molecule has 0 aliphatic carbocycles. The van der Waals surface area contributed by atoms with E-state index >= 15 is 0 Å². The number of benzene rings is 1. The number of nitrogens with two attached hydrogens (primary N) is 1. The summed E-state index contributed by atoms with van der Waals surface area (Å²) in [5.74, 6) is 0. The van der Waals surface area contributed by atoms with Crippen molar-refractivity contribution < 1.29 is 26.3 Å². The van der Waals surface area contributed by atoms with E-state index in [1.54, 1.807) is 5.38 Å². The van der Waals surface area contributed by atoms with Crippen LogP contribution >= 0.6 is 11.3 Å². The number of rotatable bonds is 5. The maximum absolute atomic E-state index is 13.7. The number of nitrogens with one attached hydrogen (secondary N) is 1. The third-order valence-corrected chi connectivity index (χ3v) is 5.64. The van der Waals surface area contributed by atoms with Crippen LogP contribution in [0.2, 0.25) is 0 Å². The predicted molar refractivity (Wildman–Crippen MR) is 98.3 cm³/mol. The summed E-state index contributed by atoms with van der Waals surface area (Å²) >= 11 is 1.33. The molecule has 1 aromatic carbocycles. The largest absolute Gasteiger partial charge is 0.417 e. The van der Waals surface area contributed by atoms with Gasteiger partial charge in [0.15, 0.2) is 0 Å². The van der Waals surface area contributed by atoms with Crippen LogP contribution in [0.25, 0.3) is 21.5 Å². The van der Waals surface area contributed by atoms with Crippen LogP contribution in [-0.4, -0.2) is 11.5 Å². The Morgan fingerprint density at radius 1 is 1.04 bits per heavy atom. The number of alkyl halides is 6. The van der Waals surface area contributed by atoms with Crippen molar-refractivity contribution in [2.45, 2.75) is 38.5 Å². The van der Waals surface area contributed by atoms with Gasteiger partial charge in [-0.05, 0) is 67.4 Å². The van der Waals surface area contributed by atoms with Gasteiger partial charge in [0.1, 0.15) is 0 Å². The van der Waals surface area contributed by atoms with E-state index in [1.165, 1.54) is 11.3 Å². The quantitative estimate of drug-likeness (QED) is 0.358. The van der Waals surface area contributed by atoms with Crippen molar-refractivity contribution >= 4 is 22.2 Å². The van der Waals surface area contributed by atoms with Gasteiger partial charge in [-0.1, -0.05) is 0 Å². The van der Waals surface area contributed by atoms with Crippen LogP contribution in [-0.2, 0) is 18.8 Å². The molecule has 3 aromatic rings. The van der Waals surface area contributed by atoms with Crippen LogP contribution in [0.3, 0.4) is 0 Å². The second-order valence-corrected chi connectivity index (χ2v) is 7.52. The summed E-state index contributed by atoms with van der Waals surface area (Å²) in [6.45, 7) is 2.20. The van der Waals surface area contributed by atoms with Crippen molar-refractivity contribution in [3.8, 4) is 10.6 Å². The SMILES string of the molecule is Cc1ccsc1-c1[nH]c2cc(C(F)(F)F)cc(C(F)(F)F)c2c1CCCCN. The Kier molecular flexibility index (Phi) is 5.51. The molecular weight excluding hydrogens is 402 g/mol.